The lowest BCUT2D eigenvalue weighted by atomic mass is 10.2. The third-order valence-corrected chi connectivity index (χ3v) is 4.53. The summed E-state index contributed by atoms with van der Waals surface area (Å²) in [5, 5.41) is 22.7. The van der Waals surface area contributed by atoms with Crippen LogP contribution >= 0.6 is 11.8 Å². The lowest BCUT2D eigenvalue weighted by Gasteiger charge is -2.05. The molecule has 0 bridgehead atoms. The van der Waals surface area contributed by atoms with Crippen LogP contribution in [0.1, 0.15) is 0 Å². The topological polar surface area (TPSA) is 84.7 Å². The highest BCUT2D eigenvalue weighted by Gasteiger charge is 2.11. The molecular weight excluding hydrogens is 346 g/mol. The van der Waals surface area contributed by atoms with Crippen LogP contribution in [0.25, 0.3) is 22.8 Å². The Balaban J connectivity index is 1.67. The van der Waals surface area contributed by atoms with Gasteiger partial charge >= 0.3 is 0 Å². The fourth-order valence-corrected chi connectivity index (χ4v) is 3.21. The van der Waals surface area contributed by atoms with Gasteiger partial charge in [-0.05, 0) is 41.6 Å². The fourth-order valence-electron chi connectivity index (χ4n) is 2.38. The van der Waals surface area contributed by atoms with Crippen molar-refractivity contribution in [3.05, 3.63) is 72.9 Å². The third-order valence-electron chi connectivity index (χ3n) is 3.59. The molecule has 0 fully saturated rings. The van der Waals surface area contributed by atoms with E-state index in [0.29, 0.717) is 17.2 Å². The van der Waals surface area contributed by atoms with Gasteiger partial charge in [0.25, 0.3) is 0 Å². The Kier molecular flexibility index (Phi) is 4.53. The summed E-state index contributed by atoms with van der Waals surface area (Å²) in [6, 6.07) is 20.5. The molecule has 0 radical (unpaired) electrons. The van der Waals surface area contributed by atoms with Gasteiger partial charge in [-0.25, -0.2) is 9.97 Å². The van der Waals surface area contributed by atoms with Crippen molar-refractivity contribution in [2.45, 2.75) is 9.92 Å². The molecule has 0 unspecified atom stereocenters. The number of nitrogens with zero attached hydrogens (tertiary/aromatic N) is 5. The number of hydrogen-bond donors (Lipinski definition) is 1. The third kappa shape index (κ3) is 3.52. The lowest BCUT2D eigenvalue weighted by Crippen LogP contribution is -1.99. The van der Waals surface area contributed by atoms with Crippen molar-refractivity contribution in [3.63, 3.8) is 0 Å². The number of phenols is 1. The van der Waals surface area contributed by atoms with E-state index in [2.05, 4.69) is 25.4 Å². The number of benzene rings is 2. The number of hydrogen-bond acceptors (Lipinski definition) is 7. The average molecular weight is 359 g/mol. The zero-order valence-electron chi connectivity index (χ0n) is 13.5. The highest BCUT2D eigenvalue weighted by atomic mass is 32.2. The van der Waals surface area contributed by atoms with Crippen molar-refractivity contribution in [1.82, 2.24) is 25.4 Å². The predicted molar refractivity (Wildman–Crippen MR) is 98.5 cm³/mol. The largest absolute Gasteiger partial charge is 0.507 e. The number of para-hydroxylation sites is 1. The van der Waals surface area contributed by atoms with E-state index in [-0.39, 0.29) is 5.75 Å². The van der Waals surface area contributed by atoms with Gasteiger partial charge in [0, 0.05) is 16.7 Å². The summed E-state index contributed by atoms with van der Waals surface area (Å²) in [7, 11) is 0. The molecule has 0 atom stereocenters. The van der Waals surface area contributed by atoms with E-state index in [9.17, 15) is 5.11 Å². The van der Waals surface area contributed by atoms with E-state index < -0.39 is 0 Å². The minimum Gasteiger partial charge on any atom is -0.507 e. The number of aromatic hydroxyl groups is 1. The van der Waals surface area contributed by atoms with Gasteiger partial charge < -0.3 is 5.11 Å². The standard InChI is InChI=1S/C19H13N5OS/c25-16-9-2-1-8-15(16)19-21-18(22-24-23-19)13-6-5-7-14(12-13)26-17-10-3-4-11-20-17/h1-12,25H. The zero-order chi connectivity index (χ0) is 17.8. The molecule has 0 saturated heterocycles. The quantitative estimate of drug-likeness (QED) is 0.592. The van der Waals surface area contributed by atoms with Gasteiger partial charge in [0.1, 0.15) is 10.8 Å². The maximum absolute atomic E-state index is 10.00. The minimum atomic E-state index is 0.103. The first-order valence-corrected chi connectivity index (χ1v) is 8.66. The maximum atomic E-state index is 10.00. The van der Waals surface area contributed by atoms with Gasteiger partial charge in [0.05, 0.1) is 5.56 Å². The van der Waals surface area contributed by atoms with Crippen LogP contribution in [0, 0.1) is 0 Å². The van der Waals surface area contributed by atoms with Crippen LogP contribution in [-0.4, -0.2) is 30.5 Å². The number of rotatable bonds is 4. The van der Waals surface area contributed by atoms with Crippen LogP contribution in [0.4, 0.5) is 0 Å². The molecule has 2 aromatic carbocycles. The number of phenolic OH excluding ortho intramolecular Hbond substituents is 1. The molecule has 0 saturated carbocycles. The van der Waals surface area contributed by atoms with Crippen molar-refractivity contribution in [1.29, 1.82) is 0 Å². The van der Waals surface area contributed by atoms with Crippen LogP contribution in [0.3, 0.4) is 0 Å². The first-order chi connectivity index (χ1) is 12.8. The van der Waals surface area contributed by atoms with Gasteiger partial charge in [-0.15, -0.1) is 10.2 Å². The predicted octanol–water partition coefficient (Wildman–Crippen LogP) is 3.85. The fraction of sp³-hybridized carbons (Fsp3) is 0. The van der Waals surface area contributed by atoms with E-state index in [1.165, 1.54) is 0 Å². The molecular formula is C19H13N5OS. The Labute approximate surface area is 154 Å². The van der Waals surface area contributed by atoms with Crippen molar-refractivity contribution < 1.29 is 5.11 Å². The molecule has 4 aromatic rings. The van der Waals surface area contributed by atoms with Crippen molar-refractivity contribution in [2.75, 3.05) is 0 Å². The SMILES string of the molecule is Oc1ccccc1-c1nnnc(-c2cccc(Sc3ccccn3)c2)n1. The van der Waals surface area contributed by atoms with Crippen molar-refractivity contribution in [2.24, 2.45) is 0 Å². The van der Waals surface area contributed by atoms with Crippen LogP contribution < -0.4 is 0 Å². The molecule has 4 rings (SSSR count). The second kappa shape index (κ2) is 7.28. The van der Waals surface area contributed by atoms with E-state index in [4.69, 9.17) is 0 Å². The molecule has 0 amide bonds. The molecule has 0 aliphatic rings. The second-order valence-electron chi connectivity index (χ2n) is 5.36. The first-order valence-electron chi connectivity index (χ1n) is 7.85. The highest BCUT2D eigenvalue weighted by Crippen LogP contribution is 2.30. The number of pyridine rings is 1. The molecule has 126 valence electrons. The first kappa shape index (κ1) is 16.2. The van der Waals surface area contributed by atoms with E-state index in [0.717, 1.165) is 15.5 Å². The number of aromatic nitrogens is 5. The van der Waals surface area contributed by atoms with Crippen molar-refractivity contribution in [3.8, 4) is 28.5 Å². The maximum Gasteiger partial charge on any atom is 0.189 e. The smallest absolute Gasteiger partial charge is 0.189 e. The molecule has 6 nitrogen and oxygen atoms in total. The Morgan fingerprint density at radius 2 is 1.65 bits per heavy atom. The van der Waals surface area contributed by atoms with Gasteiger partial charge in [-0.2, -0.15) is 0 Å². The van der Waals surface area contributed by atoms with Gasteiger partial charge in [0.15, 0.2) is 11.6 Å². The normalized spacial score (nSPS) is 10.6. The van der Waals surface area contributed by atoms with Crippen LogP contribution in [0.5, 0.6) is 5.75 Å². The summed E-state index contributed by atoms with van der Waals surface area (Å²) in [6.07, 6.45) is 1.76. The summed E-state index contributed by atoms with van der Waals surface area (Å²) in [6.45, 7) is 0. The monoisotopic (exact) mass is 359 g/mol. The Morgan fingerprint density at radius 3 is 2.50 bits per heavy atom. The highest BCUT2D eigenvalue weighted by molar-refractivity contribution is 7.99. The molecule has 0 spiro atoms. The second-order valence-corrected chi connectivity index (χ2v) is 6.46. The molecule has 2 heterocycles. The van der Waals surface area contributed by atoms with Crippen LogP contribution in [0.15, 0.2) is 82.8 Å². The van der Waals surface area contributed by atoms with Gasteiger partial charge in [-0.3, -0.25) is 0 Å². The molecule has 2 aromatic heterocycles. The summed E-state index contributed by atoms with van der Waals surface area (Å²) in [5.74, 6) is 0.878. The van der Waals surface area contributed by atoms with E-state index in [1.807, 2.05) is 48.5 Å². The average Bonchev–Trinajstić information content (AvgIpc) is 2.69. The van der Waals surface area contributed by atoms with Gasteiger partial charge in [0.2, 0.25) is 0 Å². The Bertz CT molecular complexity index is 1040. The molecule has 0 aliphatic heterocycles. The Hall–Kier alpha value is -3.32. The summed E-state index contributed by atoms with van der Waals surface area (Å²) in [5.41, 5.74) is 1.33. The molecule has 7 heteroatoms. The van der Waals surface area contributed by atoms with Crippen LogP contribution in [0.2, 0.25) is 0 Å². The zero-order valence-corrected chi connectivity index (χ0v) is 14.3. The summed E-state index contributed by atoms with van der Waals surface area (Å²) >= 11 is 1.56. The van der Waals surface area contributed by atoms with E-state index in [1.54, 1.807) is 36.2 Å². The summed E-state index contributed by atoms with van der Waals surface area (Å²) < 4.78 is 0. The van der Waals surface area contributed by atoms with E-state index >= 15 is 0 Å². The molecule has 26 heavy (non-hydrogen) atoms. The molecule has 0 aliphatic carbocycles. The summed E-state index contributed by atoms with van der Waals surface area (Å²) in [4.78, 5) is 9.79. The molecule has 1 N–H and O–H groups in total. The lowest BCUT2D eigenvalue weighted by molar-refractivity contribution is 0.476. The van der Waals surface area contributed by atoms with Gasteiger partial charge in [-0.1, -0.05) is 42.1 Å². The van der Waals surface area contributed by atoms with Crippen LogP contribution in [-0.2, 0) is 0 Å². The Morgan fingerprint density at radius 1 is 0.808 bits per heavy atom. The van der Waals surface area contributed by atoms with Crippen molar-refractivity contribution >= 4 is 11.8 Å². The minimum absolute atomic E-state index is 0.103.